The monoisotopic (exact) mass is 705 g/mol. The molecule has 4 aromatic rings. The molecule has 0 radical (unpaired) electrons. The van der Waals surface area contributed by atoms with Gasteiger partial charge in [-0.25, -0.2) is 9.97 Å². The molecule has 0 saturated carbocycles. The predicted molar refractivity (Wildman–Crippen MR) is 159 cm³/mol. The van der Waals surface area contributed by atoms with E-state index in [0.29, 0.717) is 0 Å². The third-order valence-corrected chi connectivity index (χ3v) is 10.5. The third kappa shape index (κ3) is 5.56. The summed E-state index contributed by atoms with van der Waals surface area (Å²) in [5.74, 6) is -0.213. The summed E-state index contributed by atoms with van der Waals surface area (Å²) in [6, 6.07) is -1.37. The molecule has 242 valence electrons. The first-order valence-corrected chi connectivity index (χ1v) is 18.0. The van der Waals surface area contributed by atoms with Crippen LogP contribution < -0.4 is 34.1 Å². The lowest BCUT2D eigenvalue weighted by Gasteiger charge is -2.32. The number of fused-ring (bicyclic) bond motifs is 4. The molecule has 0 aliphatic carbocycles. The average molecular weight is 706 g/mol. The molecule has 25 heteroatoms. The van der Waals surface area contributed by atoms with E-state index < -0.39 is 74.4 Å². The van der Waals surface area contributed by atoms with E-state index in [1.54, 1.807) is 0 Å². The van der Waals surface area contributed by atoms with Crippen molar-refractivity contribution in [2.75, 3.05) is 24.7 Å². The standard InChI is InChI=1S/C20H25N12O9P2S2/c21-7-11-6(39-17(7)31-3-25-9-13(31)27-19(23)29-15(9)33)2-37-43(35,45)41-12-5(1-36-42(44)40-11)38-18(8(12)22)32-4-26-10-14(32)28-20(24)30-16(10)34/h3-8,11-12,17-18H,1-2,21-22H2,(H,35,45)(H3,23,27,29,33)(H3,24,28,30,34)/q-1/p+2. The van der Waals surface area contributed by atoms with Crippen molar-refractivity contribution in [3.8, 4) is 0 Å². The zero-order valence-electron chi connectivity index (χ0n) is 22.9. The van der Waals surface area contributed by atoms with Gasteiger partial charge in [-0.3, -0.25) is 33.2 Å². The minimum Gasteiger partial charge on any atom is -0.700 e. The Bertz CT molecular complexity index is 1940. The second-order valence-corrected chi connectivity index (χ2v) is 15.0. The number of ether oxygens (including phenoxy) is 2. The van der Waals surface area contributed by atoms with E-state index in [9.17, 15) is 14.5 Å². The number of hydrogen-bond donors (Lipinski definition) is 7. The van der Waals surface area contributed by atoms with E-state index in [1.807, 2.05) is 0 Å². The van der Waals surface area contributed by atoms with Gasteiger partial charge in [0.05, 0.1) is 25.9 Å². The van der Waals surface area contributed by atoms with Crippen molar-refractivity contribution in [3.63, 3.8) is 0 Å². The first-order chi connectivity index (χ1) is 21.4. The second kappa shape index (κ2) is 11.6. The number of nitrogens with two attached hydrogens (primary N) is 2. The molecule has 0 amide bonds. The zero-order chi connectivity index (χ0) is 31.8. The van der Waals surface area contributed by atoms with Crippen molar-refractivity contribution in [3.05, 3.63) is 33.4 Å². The number of quaternary nitrogens is 2. The summed E-state index contributed by atoms with van der Waals surface area (Å²) in [7, 11) is -1.96. The van der Waals surface area contributed by atoms with Crippen LogP contribution in [0.15, 0.2) is 22.2 Å². The number of nitrogens with one attached hydrogen (secondary N) is 2. The van der Waals surface area contributed by atoms with Gasteiger partial charge in [-0.2, -0.15) is 9.97 Å². The van der Waals surface area contributed by atoms with Crippen LogP contribution in [-0.4, -0.2) is 93.6 Å². The Kier molecular flexibility index (Phi) is 7.96. The summed E-state index contributed by atoms with van der Waals surface area (Å²) in [4.78, 5) is 57.2. The number of nitrogens with zero attached hydrogens (tertiary/aromatic N) is 6. The van der Waals surface area contributed by atoms with Crippen molar-refractivity contribution in [2.24, 2.45) is 0 Å². The number of aromatic nitrogens is 8. The topological polar surface area (TPSA) is 310 Å². The highest BCUT2D eigenvalue weighted by atomic mass is 32.7. The van der Waals surface area contributed by atoms with Crippen LogP contribution in [0.25, 0.3) is 22.3 Å². The molecule has 3 fully saturated rings. The molecule has 0 bridgehead atoms. The van der Waals surface area contributed by atoms with Crippen molar-refractivity contribution in [1.29, 1.82) is 0 Å². The molecular weight excluding hydrogens is 678 g/mol. The Morgan fingerprint density at radius 3 is 2.02 bits per heavy atom. The van der Waals surface area contributed by atoms with Gasteiger partial charge in [-0.1, -0.05) is 0 Å². The van der Waals surface area contributed by atoms with Crippen LogP contribution in [0.5, 0.6) is 0 Å². The third-order valence-electron chi connectivity index (χ3n) is 7.60. The number of hydrogen-bond acceptors (Lipinski definition) is 16. The number of nitrogen functional groups attached to an aromatic ring is 2. The fourth-order valence-electron chi connectivity index (χ4n) is 5.57. The lowest BCUT2D eigenvalue weighted by molar-refractivity contribution is -0.445. The zero-order valence-corrected chi connectivity index (χ0v) is 26.3. The Morgan fingerprint density at radius 1 is 0.956 bits per heavy atom. The highest BCUT2D eigenvalue weighted by molar-refractivity contribution is 8.29. The van der Waals surface area contributed by atoms with Crippen molar-refractivity contribution < 1.29 is 43.9 Å². The summed E-state index contributed by atoms with van der Waals surface area (Å²) < 4.78 is 39.2. The molecule has 45 heavy (non-hydrogen) atoms. The SMILES string of the molecule is Nc1nc2c(ncn2C2OC3COP(O)(=S)OC4C(COP([S-])OC3C2[NH3+])OC(n2cnc3c(=O)[nH]c(N)nc32)C4[NH3+])c(=O)[nH]1. The van der Waals surface area contributed by atoms with E-state index in [-0.39, 0.29) is 47.4 Å². The fraction of sp³-hybridized carbons (Fsp3) is 0.500. The highest BCUT2D eigenvalue weighted by Gasteiger charge is 2.52. The summed E-state index contributed by atoms with van der Waals surface area (Å²) in [5, 5.41) is 0. The Hall–Kier alpha value is -2.63. The average Bonchev–Trinajstić information content (AvgIpc) is 3.72. The maximum Gasteiger partial charge on any atom is 0.325 e. The minimum absolute atomic E-state index is 0.0449. The fourth-order valence-corrected chi connectivity index (χ4v) is 8.35. The normalized spacial score (nSPS) is 36.0. The lowest BCUT2D eigenvalue weighted by Crippen LogP contribution is -2.68. The predicted octanol–water partition coefficient (Wildman–Crippen LogP) is -3.76. The number of aromatic amines is 2. The maximum absolute atomic E-state index is 12.3. The molecule has 7 heterocycles. The Labute approximate surface area is 262 Å². The minimum atomic E-state index is -3.96. The molecule has 13 N–H and O–H groups in total. The van der Waals surface area contributed by atoms with Gasteiger partial charge in [0.1, 0.15) is 18.3 Å². The van der Waals surface area contributed by atoms with Crippen molar-refractivity contribution in [1.82, 2.24) is 39.0 Å². The lowest BCUT2D eigenvalue weighted by atomic mass is 10.1. The molecule has 7 rings (SSSR count). The van der Waals surface area contributed by atoms with E-state index in [2.05, 4.69) is 41.4 Å². The molecular formula is C20H27N12O9P2S2+. The van der Waals surface area contributed by atoms with Gasteiger partial charge in [0, 0.05) is 7.58 Å². The Morgan fingerprint density at radius 2 is 1.47 bits per heavy atom. The van der Waals surface area contributed by atoms with Crippen molar-refractivity contribution in [2.45, 2.75) is 49.0 Å². The van der Waals surface area contributed by atoms with E-state index in [1.165, 1.54) is 21.8 Å². The van der Waals surface area contributed by atoms with Crippen molar-refractivity contribution >= 4 is 72.6 Å². The van der Waals surface area contributed by atoms with E-state index in [4.69, 9.17) is 63.1 Å². The Balaban J connectivity index is 1.15. The summed E-state index contributed by atoms with van der Waals surface area (Å²) in [6.45, 7) is -4.37. The molecule has 0 spiro atoms. The van der Waals surface area contributed by atoms with Crippen LogP contribution in [0, 0.1) is 0 Å². The number of anilines is 2. The first kappa shape index (κ1) is 31.0. The molecule has 3 aliphatic rings. The smallest absolute Gasteiger partial charge is 0.325 e. The molecule has 3 saturated heterocycles. The van der Waals surface area contributed by atoms with Gasteiger partial charge in [-0.05, 0) is 11.8 Å². The van der Waals surface area contributed by atoms with Crippen LogP contribution in [0.2, 0.25) is 0 Å². The molecule has 4 aromatic heterocycles. The van der Waals surface area contributed by atoms with Crippen LogP contribution in [0.1, 0.15) is 12.5 Å². The van der Waals surface area contributed by atoms with Gasteiger partial charge in [0.15, 0.2) is 53.0 Å². The highest BCUT2D eigenvalue weighted by Crippen LogP contribution is 2.51. The van der Waals surface area contributed by atoms with Crippen LogP contribution in [0.3, 0.4) is 0 Å². The maximum atomic E-state index is 12.3. The summed E-state index contributed by atoms with van der Waals surface area (Å²) in [6.07, 6.45) is -2.41. The molecule has 10 unspecified atom stereocenters. The summed E-state index contributed by atoms with van der Waals surface area (Å²) in [5.41, 5.74) is 19.3. The van der Waals surface area contributed by atoms with Crippen LogP contribution in [0.4, 0.5) is 11.9 Å². The summed E-state index contributed by atoms with van der Waals surface area (Å²) >= 11 is 10.9. The first-order valence-electron chi connectivity index (χ1n) is 13.2. The van der Waals surface area contributed by atoms with Crippen LogP contribution in [-0.2, 0) is 51.6 Å². The quantitative estimate of drug-likeness (QED) is 0.0778. The van der Waals surface area contributed by atoms with Gasteiger partial charge in [0.2, 0.25) is 11.9 Å². The second-order valence-electron chi connectivity index (χ2n) is 10.4. The van der Waals surface area contributed by atoms with Gasteiger partial charge < -0.3 is 63.1 Å². The van der Waals surface area contributed by atoms with Gasteiger partial charge in [0.25, 0.3) is 11.1 Å². The molecule has 3 aliphatic heterocycles. The molecule has 10 atom stereocenters. The molecule has 0 aromatic carbocycles. The number of imidazole rings is 2. The largest absolute Gasteiger partial charge is 0.700 e. The number of rotatable bonds is 2. The van der Waals surface area contributed by atoms with E-state index in [0.717, 1.165) is 0 Å². The van der Waals surface area contributed by atoms with Gasteiger partial charge >= 0.3 is 6.72 Å². The molecule has 21 nitrogen and oxygen atoms in total. The van der Waals surface area contributed by atoms with E-state index >= 15 is 0 Å². The van der Waals surface area contributed by atoms with Gasteiger partial charge in [-0.15, -0.1) is 0 Å². The van der Waals surface area contributed by atoms with Crippen LogP contribution >= 0.6 is 14.3 Å². The number of H-pyrrole nitrogens is 2.